The molecule has 0 radical (unpaired) electrons. The van der Waals surface area contributed by atoms with Crippen LogP contribution < -0.4 is 0 Å². The SMILES string of the molecule is OC1CN2CCC=CC2C(O)C1O. The van der Waals surface area contributed by atoms with E-state index in [0.717, 1.165) is 13.0 Å². The predicted molar refractivity (Wildman–Crippen MR) is 47.1 cm³/mol. The molecule has 0 amide bonds. The van der Waals surface area contributed by atoms with Gasteiger partial charge in [0, 0.05) is 13.1 Å². The molecule has 0 aromatic carbocycles. The predicted octanol–water partition coefficient (Wildman–Crippen LogP) is -1.29. The van der Waals surface area contributed by atoms with Crippen LogP contribution >= 0.6 is 0 Å². The van der Waals surface area contributed by atoms with E-state index in [9.17, 15) is 15.3 Å². The first-order chi connectivity index (χ1) is 6.20. The van der Waals surface area contributed by atoms with Crippen LogP contribution in [-0.4, -0.2) is 57.7 Å². The van der Waals surface area contributed by atoms with Crippen molar-refractivity contribution in [2.75, 3.05) is 13.1 Å². The molecule has 2 aliphatic heterocycles. The zero-order chi connectivity index (χ0) is 9.42. The topological polar surface area (TPSA) is 63.9 Å². The van der Waals surface area contributed by atoms with Gasteiger partial charge in [0.15, 0.2) is 0 Å². The van der Waals surface area contributed by atoms with Crippen molar-refractivity contribution in [1.29, 1.82) is 0 Å². The van der Waals surface area contributed by atoms with Crippen LogP contribution in [-0.2, 0) is 0 Å². The molecule has 1 fully saturated rings. The summed E-state index contributed by atoms with van der Waals surface area (Å²) in [7, 11) is 0. The van der Waals surface area contributed by atoms with Gasteiger partial charge in [-0.25, -0.2) is 0 Å². The van der Waals surface area contributed by atoms with Gasteiger partial charge in [0.1, 0.15) is 12.2 Å². The number of aliphatic hydroxyl groups is 3. The smallest absolute Gasteiger partial charge is 0.109 e. The monoisotopic (exact) mass is 185 g/mol. The van der Waals surface area contributed by atoms with E-state index in [1.165, 1.54) is 0 Å². The first-order valence-electron chi connectivity index (χ1n) is 4.65. The molecule has 2 aliphatic rings. The van der Waals surface area contributed by atoms with Crippen molar-refractivity contribution in [3.63, 3.8) is 0 Å². The minimum atomic E-state index is -1.01. The molecule has 4 atom stereocenters. The summed E-state index contributed by atoms with van der Waals surface area (Å²) >= 11 is 0. The molecule has 2 rings (SSSR count). The van der Waals surface area contributed by atoms with Crippen molar-refractivity contribution in [3.05, 3.63) is 12.2 Å². The van der Waals surface area contributed by atoms with Gasteiger partial charge >= 0.3 is 0 Å². The van der Waals surface area contributed by atoms with Gasteiger partial charge in [-0.2, -0.15) is 0 Å². The third kappa shape index (κ3) is 1.50. The maximum Gasteiger partial charge on any atom is 0.109 e. The van der Waals surface area contributed by atoms with Crippen molar-refractivity contribution in [2.45, 2.75) is 30.8 Å². The largest absolute Gasteiger partial charge is 0.389 e. The molecule has 1 saturated heterocycles. The summed E-state index contributed by atoms with van der Waals surface area (Å²) in [5.41, 5.74) is 0. The summed E-state index contributed by atoms with van der Waals surface area (Å²) in [6.45, 7) is 1.30. The van der Waals surface area contributed by atoms with Crippen LogP contribution in [0.3, 0.4) is 0 Å². The maximum atomic E-state index is 9.64. The average Bonchev–Trinajstić information content (AvgIpc) is 2.15. The lowest BCUT2D eigenvalue weighted by molar-refractivity contribution is -0.127. The Hall–Kier alpha value is -0.420. The Labute approximate surface area is 77.1 Å². The van der Waals surface area contributed by atoms with Gasteiger partial charge in [-0.3, -0.25) is 4.90 Å². The van der Waals surface area contributed by atoms with Crippen molar-refractivity contribution in [3.8, 4) is 0 Å². The highest BCUT2D eigenvalue weighted by Gasteiger charge is 2.40. The molecule has 0 saturated carbocycles. The molecular weight excluding hydrogens is 170 g/mol. The Morgan fingerprint density at radius 2 is 1.92 bits per heavy atom. The number of hydrogen-bond acceptors (Lipinski definition) is 4. The van der Waals surface area contributed by atoms with Crippen molar-refractivity contribution < 1.29 is 15.3 Å². The highest BCUT2D eigenvalue weighted by Crippen LogP contribution is 2.22. The Bertz CT molecular complexity index is 219. The fourth-order valence-corrected chi connectivity index (χ4v) is 2.07. The molecule has 4 heteroatoms. The molecule has 0 spiro atoms. The Morgan fingerprint density at radius 3 is 2.69 bits per heavy atom. The lowest BCUT2D eigenvalue weighted by Gasteiger charge is -2.44. The molecule has 4 nitrogen and oxygen atoms in total. The zero-order valence-electron chi connectivity index (χ0n) is 7.37. The lowest BCUT2D eigenvalue weighted by Crippen LogP contribution is -2.61. The van der Waals surface area contributed by atoms with Crippen LogP contribution in [0.25, 0.3) is 0 Å². The number of nitrogens with zero attached hydrogens (tertiary/aromatic N) is 1. The molecule has 0 bridgehead atoms. The van der Waals surface area contributed by atoms with E-state index in [4.69, 9.17) is 0 Å². The van der Waals surface area contributed by atoms with Crippen LogP contribution in [0.2, 0.25) is 0 Å². The van der Waals surface area contributed by atoms with E-state index in [-0.39, 0.29) is 6.04 Å². The highest BCUT2D eigenvalue weighted by atomic mass is 16.4. The van der Waals surface area contributed by atoms with Gasteiger partial charge < -0.3 is 15.3 Å². The third-order valence-corrected chi connectivity index (χ3v) is 2.85. The second-order valence-corrected chi connectivity index (χ2v) is 3.75. The van der Waals surface area contributed by atoms with Crippen LogP contribution in [0.5, 0.6) is 0 Å². The average molecular weight is 185 g/mol. The van der Waals surface area contributed by atoms with Gasteiger partial charge in [0.05, 0.1) is 12.1 Å². The zero-order valence-corrected chi connectivity index (χ0v) is 7.37. The molecule has 0 aromatic heterocycles. The molecule has 2 heterocycles. The Morgan fingerprint density at radius 1 is 1.15 bits per heavy atom. The first-order valence-corrected chi connectivity index (χ1v) is 4.65. The highest BCUT2D eigenvalue weighted by molar-refractivity contribution is 5.08. The van der Waals surface area contributed by atoms with E-state index < -0.39 is 18.3 Å². The normalized spacial score (nSPS) is 46.1. The summed E-state index contributed by atoms with van der Waals surface area (Å²) in [6, 6.07) is -0.118. The molecule has 0 aliphatic carbocycles. The van der Waals surface area contributed by atoms with Gasteiger partial charge in [0.25, 0.3) is 0 Å². The van der Waals surface area contributed by atoms with Crippen LogP contribution in [0.15, 0.2) is 12.2 Å². The number of piperidine rings is 1. The van der Waals surface area contributed by atoms with Crippen molar-refractivity contribution >= 4 is 0 Å². The molecule has 3 N–H and O–H groups in total. The fourth-order valence-electron chi connectivity index (χ4n) is 2.07. The Balaban J connectivity index is 2.15. The molecule has 74 valence electrons. The minimum Gasteiger partial charge on any atom is -0.389 e. The van der Waals surface area contributed by atoms with Crippen LogP contribution in [0.1, 0.15) is 6.42 Å². The quantitative estimate of drug-likeness (QED) is 0.411. The fraction of sp³-hybridized carbons (Fsp3) is 0.778. The second kappa shape index (κ2) is 3.38. The van der Waals surface area contributed by atoms with Gasteiger partial charge in [-0.15, -0.1) is 0 Å². The van der Waals surface area contributed by atoms with Gasteiger partial charge in [-0.05, 0) is 6.42 Å². The van der Waals surface area contributed by atoms with E-state index in [1.54, 1.807) is 0 Å². The maximum absolute atomic E-state index is 9.64. The van der Waals surface area contributed by atoms with Crippen molar-refractivity contribution in [2.24, 2.45) is 0 Å². The number of hydrogen-bond donors (Lipinski definition) is 3. The third-order valence-electron chi connectivity index (χ3n) is 2.85. The number of aliphatic hydroxyl groups excluding tert-OH is 3. The molecule has 13 heavy (non-hydrogen) atoms. The minimum absolute atomic E-state index is 0.118. The number of rotatable bonds is 0. The summed E-state index contributed by atoms with van der Waals surface area (Å²) in [5.74, 6) is 0. The summed E-state index contributed by atoms with van der Waals surface area (Å²) in [4.78, 5) is 2.00. The van der Waals surface area contributed by atoms with Gasteiger partial charge in [-0.1, -0.05) is 12.2 Å². The molecular formula is C9H15NO3. The first kappa shape index (κ1) is 9.15. The van der Waals surface area contributed by atoms with Crippen LogP contribution in [0, 0.1) is 0 Å². The second-order valence-electron chi connectivity index (χ2n) is 3.75. The number of fused-ring (bicyclic) bond motifs is 1. The Kier molecular flexibility index (Phi) is 2.38. The molecule has 4 unspecified atom stereocenters. The van der Waals surface area contributed by atoms with Crippen LogP contribution in [0.4, 0.5) is 0 Å². The summed E-state index contributed by atoms with van der Waals surface area (Å²) in [6.07, 6.45) is 2.17. The van der Waals surface area contributed by atoms with E-state index in [1.807, 2.05) is 17.1 Å². The summed E-state index contributed by atoms with van der Waals surface area (Å²) in [5, 5.41) is 28.5. The summed E-state index contributed by atoms with van der Waals surface area (Å²) < 4.78 is 0. The van der Waals surface area contributed by atoms with E-state index in [0.29, 0.717) is 6.54 Å². The van der Waals surface area contributed by atoms with Gasteiger partial charge in [0.2, 0.25) is 0 Å². The van der Waals surface area contributed by atoms with Crippen molar-refractivity contribution in [1.82, 2.24) is 4.90 Å². The lowest BCUT2D eigenvalue weighted by atomic mass is 9.91. The standard InChI is InChI=1S/C9H15NO3/c11-7-5-10-4-2-1-3-6(10)8(12)9(7)13/h1,3,6-9,11-13H,2,4-5H2. The molecule has 0 aromatic rings. The van der Waals surface area contributed by atoms with E-state index >= 15 is 0 Å². The van der Waals surface area contributed by atoms with E-state index in [2.05, 4.69) is 0 Å².